The maximum atomic E-state index is 13.9. The van der Waals surface area contributed by atoms with Gasteiger partial charge < -0.3 is 10.0 Å². The fourth-order valence-electron chi connectivity index (χ4n) is 2.74. The van der Waals surface area contributed by atoms with Crippen LogP contribution < -0.4 is 4.90 Å². The molecule has 2 rings (SSSR count). The van der Waals surface area contributed by atoms with Crippen LogP contribution in [0.1, 0.15) is 31.9 Å². The lowest BCUT2D eigenvalue weighted by molar-refractivity contribution is 0.194. The van der Waals surface area contributed by atoms with Crippen LogP contribution in [0.2, 0.25) is 0 Å². The summed E-state index contributed by atoms with van der Waals surface area (Å²) in [5.74, 6) is -0.316. The molecule has 0 saturated carbocycles. The van der Waals surface area contributed by atoms with Gasteiger partial charge in [0.15, 0.2) is 0 Å². The Balaban J connectivity index is 2.13. The molecule has 1 aromatic carbocycles. The first-order chi connectivity index (χ1) is 9.13. The molecule has 1 heterocycles. The van der Waals surface area contributed by atoms with Gasteiger partial charge in [0.1, 0.15) is 5.82 Å². The Labute approximate surface area is 114 Å². The smallest absolute Gasteiger partial charge is 0.131 e. The molecule has 3 nitrogen and oxygen atoms in total. The van der Waals surface area contributed by atoms with E-state index in [1.807, 2.05) is 6.07 Å². The van der Waals surface area contributed by atoms with Crippen LogP contribution in [-0.2, 0) is 0 Å². The number of hydrogen-bond acceptors (Lipinski definition) is 3. The largest absolute Gasteiger partial charge is 0.389 e. The van der Waals surface area contributed by atoms with Crippen LogP contribution in [0, 0.1) is 5.82 Å². The summed E-state index contributed by atoms with van der Waals surface area (Å²) >= 11 is 0. The number of nitrogens with zero attached hydrogens (tertiary/aromatic N) is 2. The standard InChI is InChI=1S/C15H23FN2O/c1-3-7-17-8-10-18(11-9-17)14-6-4-5-13(16)15(14)12(2)19/h4-6,12,19H,3,7-11H2,1-2H3/t12-/m1/s1. The summed E-state index contributed by atoms with van der Waals surface area (Å²) in [5, 5.41) is 9.78. The van der Waals surface area contributed by atoms with E-state index in [1.54, 1.807) is 13.0 Å². The van der Waals surface area contributed by atoms with Crippen molar-refractivity contribution in [2.45, 2.75) is 26.4 Å². The van der Waals surface area contributed by atoms with E-state index < -0.39 is 6.10 Å². The zero-order valence-electron chi connectivity index (χ0n) is 11.8. The van der Waals surface area contributed by atoms with Crippen LogP contribution in [-0.4, -0.2) is 42.7 Å². The first-order valence-electron chi connectivity index (χ1n) is 7.07. The molecule has 0 bridgehead atoms. The van der Waals surface area contributed by atoms with Gasteiger partial charge in [-0.1, -0.05) is 13.0 Å². The number of benzene rings is 1. The average Bonchev–Trinajstić information content (AvgIpc) is 2.39. The van der Waals surface area contributed by atoms with Crippen molar-refractivity contribution in [1.29, 1.82) is 0 Å². The zero-order chi connectivity index (χ0) is 13.8. The monoisotopic (exact) mass is 266 g/mol. The van der Waals surface area contributed by atoms with Gasteiger partial charge in [-0.2, -0.15) is 0 Å². The first kappa shape index (κ1) is 14.3. The van der Waals surface area contributed by atoms with Crippen molar-refractivity contribution in [3.05, 3.63) is 29.6 Å². The quantitative estimate of drug-likeness (QED) is 0.906. The second-order valence-corrected chi connectivity index (χ2v) is 5.18. The lowest BCUT2D eigenvalue weighted by atomic mass is 10.1. The molecular weight excluding hydrogens is 243 g/mol. The number of hydrogen-bond donors (Lipinski definition) is 1. The Morgan fingerprint density at radius 1 is 1.26 bits per heavy atom. The second-order valence-electron chi connectivity index (χ2n) is 5.18. The molecule has 4 heteroatoms. The molecule has 1 aromatic rings. The van der Waals surface area contributed by atoms with Gasteiger partial charge in [0.25, 0.3) is 0 Å². The minimum absolute atomic E-state index is 0.316. The minimum atomic E-state index is -0.773. The zero-order valence-corrected chi connectivity index (χ0v) is 11.8. The predicted octanol–water partition coefficient (Wildman–Crippen LogP) is 2.41. The van der Waals surface area contributed by atoms with Crippen LogP contribution in [0.5, 0.6) is 0 Å². The van der Waals surface area contributed by atoms with E-state index in [0.29, 0.717) is 5.56 Å². The van der Waals surface area contributed by atoms with E-state index in [0.717, 1.165) is 38.4 Å². The van der Waals surface area contributed by atoms with E-state index in [9.17, 15) is 9.50 Å². The first-order valence-corrected chi connectivity index (χ1v) is 7.07. The van der Waals surface area contributed by atoms with Gasteiger partial charge in [-0.15, -0.1) is 0 Å². The number of anilines is 1. The summed E-state index contributed by atoms with van der Waals surface area (Å²) in [6, 6.07) is 5.04. The van der Waals surface area contributed by atoms with Crippen LogP contribution in [0.25, 0.3) is 0 Å². The third-order valence-electron chi connectivity index (χ3n) is 3.70. The van der Waals surface area contributed by atoms with Crippen molar-refractivity contribution < 1.29 is 9.50 Å². The fraction of sp³-hybridized carbons (Fsp3) is 0.600. The molecule has 106 valence electrons. The number of piperazine rings is 1. The van der Waals surface area contributed by atoms with E-state index in [-0.39, 0.29) is 5.82 Å². The molecule has 0 amide bonds. The average molecular weight is 266 g/mol. The van der Waals surface area contributed by atoms with Crippen molar-refractivity contribution in [2.24, 2.45) is 0 Å². The highest BCUT2D eigenvalue weighted by Gasteiger charge is 2.21. The van der Waals surface area contributed by atoms with Gasteiger partial charge in [0, 0.05) is 37.4 Å². The van der Waals surface area contributed by atoms with Crippen molar-refractivity contribution >= 4 is 5.69 Å². The molecule has 0 aromatic heterocycles. The molecule has 1 saturated heterocycles. The lowest BCUT2D eigenvalue weighted by Crippen LogP contribution is -2.46. The number of aliphatic hydroxyl groups excluding tert-OH is 1. The van der Waals surface area contributed by atoms with Gasteiger partial charge in [-0.3, -0.25) is 4.90 Å². The van der Waals surface area contributed by atoms with Gasteiger partial charge in [-0.25, -0.2) is 4.39 Å². The molecule has 1 fully saturated rings. The highest BCUT2D eigenvalue weighted by molar-refractivity contribution is 5.55. The van der Waals surface area contributed by atoms with E-state index in [4.69, 9.17) is 0 Å². The minimum Gasteiger partial charge on any atom is -0.389 e. The maximum Gasteiger partial charge on any atom is 0.131 e. The van der Waals surface area contributed by atoms with Gasteiger partial charge in [0.2, 0.25) is 0 Å². The number of rotatable bonds is 4. The summed E-state index contributed by atoms with van der Waals surface area (Å²) in [6.45, 7) is 8.72. The lowest BCUT2D eigenvalue weighted by Gasteiger charge is -2.37. The van der Waals surface area contributed by atoms with E-state index in [2.05, 4.69) is 16.7 Å². The summed E-state index contributed by atoms with van der Waals surface area (Å²) in [7, 11) is 0. The Bertz CT molecular complexity index is 415. The van der Waals surface area contributed by atoms with Gasteiger partial charge >= 0.3 is 0 Å². The third kappa shape index (κ3) is 3.25. The molecule has 0 unspecified atom stereocenters. The Hall–Kier alpha value is -1.13. The molecule has 0 radical (unpaired) electrons. The normalized spacial score (nSPS) is 18.6. The van der Waals surface area contributed by atoms with E-state index in [1.165, 1.54) is 12.5 Å². The SMILES string of the molecule is CCCN1CCN(c2cccc(F)c2[C@@H](C)O)CC1. The van der Waals surface area contributed by atoms with Crippen molar-refractivity contribution in [2.75, 3.05) is 37.6 Å². The summed E-state index contributed by atoms with van der Waals surface area (Å²) in [6.07, 6.45) is 0.392. The van der Waals surface area contributed by atoms with Crippen LogP contribution in [0.3, 0.4) is 0 Å². The third-order valence-corrected chi connectivity index (χ3v) is 3.70. The highest BCUT2D eigenvalue weighted by Crippen LogP contribution is 2.29. The van der Waals surface area contributed by atoms with E-state index >= 15 is 0 Å². The molecular formula is C15H23FN2O. The molecule has 1 N–H and O–H groups in total. The van der Waals surface area contributed by atoms with Crippen LogP contribution >= 0.6 is 0 Å². The molecule has 19 heavy (non-hydrogen) atoms. The van der Waals surface area contributed by atoms with Gasteiger partial charge in [-0.05, 0) is 32.0 Å². The molecule has 1 atom stereocenters. The molecule has 1 aliphatic heterocycles. The van der Waals surface area contributed by atoms with Crippen LogP contribution in [0.15, 0.2) is 18.2 Å². The fourth-order valence-corrected chi connectivity index (χ4v) is 2.74. The topological polar surface area (TPSA) is 26.7 Å². The van der Waals surface area contributed by atoms with Crippen molar-refractivity contribution in [3.63, 3.8) is 0 Å². The second kappa shape index (κ2) is 6.35. The number of aliphatic hydroxyl groups is 1. The maximum absolute atomic E-state index is 13.9. The number of halogens is 1. The molecule has 1 aliphatic rings. The van der Waals surface area contributed by atoms with Crippen molar-refractivity contribution in [3.8, 4) is 0 Å². The van der Waals surface area contributed by atoms with Gasteiger partial charge in [0.05, 0.1) is 6.10 Å². The summed E-state index contributed by atoms with van der Waals surface area (Å²) in [5.41, 5.74) is 1.26. The Morgan fingerprint density at radius 3 is 2.53 bits per heavy atom. The Kier molecular flexibility index (Phi) is 4.77. The molecule has 0 aliphatic carbocycles. The molecule has 0 spiro atoms. The Morgan fingerprint density at radius 2 is 1.95 bits per heavy atom. The highest BCUT2D eigenvalue weighted by atomic mass is 19.1. The summed E-state index contributed by atoms with van der Waals surface area (Å²) in [4.78, 5) is 4.61. The predicted molar refractivity (Wildman–Crippen MR) is 76.0 cm³/mol. The summed E-state index contributed by atoms with van der Waals surface area (Å²) < 4.78 is 13.9. The van der Waals surface area contributed by atoms with Crippen LogP contribution in [0.4, 0.5) is 10.1 Å². The van der Waals surface area contributed by atoms with Crippen molar-refractivity contribution in [1.82, 2.24) is 4.90 Å².